The molecule has 1 amide bonds. The predicted octanol–water partition coefficient (Wildman–Crippen LogP) is 2.18. The van der Waals surface area contributed by atoms with Crippen LogP contribution in [0.1, 0.15) is 21.5 Å². The van der Waals surface area contributed by atoms with E-state index in [1.807, 2.05) is 0 Å². The first-order valence-corrected chi connectivity index (χ1v) is 7.78. The molecule has 7 heteroatoms. The molecule has 0 aromatic heterocycles. The number of benzene rings is 2. The zero-order valence-corrected chi connectivity index (χ0v) is 14.8. The average Bonchev–Trinajstić information content (AvgIpc) is 2.67. The second kappa shape index (κ2) is 9.22. The number of carbonyl (C=O) groups excluding carboxylic acids is 2. The smallest absolute Gasteiger partial charge is 0.337 e. The summed E-state index contributed by atoms with van der Waals surface area (Å²) >= 11 is 0. The van der Waals surface area contributed by atoms with Gasteiger partial charge in [-0.15, -0.1) is 0 Å². The highest BCUT2D eigenvalue weighted by Crippen LogP contribution is 2.27. The Morgan fingerprint density at radius 2 is 1.69 bits per heavy atom. The van der Waals surface area contributed by atoms with E-state index in [1.165, 1.54) is 20.4 Å². The fourth-order valence-corrected chi connectivity index (χ4v) is 2.22. The van der Waals surface area contributed by atoms with Gasteiger partial charge >= 0.3 is 5.97 Å². The molecular formula is C19H20N2O5. The molecule has 26 heavy (non-hydrogen) atoms. The molecule has 2 rings (SSSR count). The SMILES string of the molecule is COC(=O)c1ccc(/C=N/NC(=O)Cc2ccc(OC)c(OC)c2)cc1. The maximum atomic E-state index is 12.0. The van der Waals surface area contributed by atoms with Gasteiger partial charge in [-0.05, 0) is 35.4 Å². The lowest BCUT2D eigenvalue weighted by atomic mass is 10.1. The number of esters is 1. The highest BCUT2D eigenvalue weighted by Gasteiger charge is 2.08. The van der Waals surface area contributed by atoms with Gasteiger partial charge in [0.15, 0.2) is 11.5 Å². The van der Waals surface area contributed by atoms with E-state index < -0.39 is 5.97 Å². The van der Waals surface area contributed by atoms with Crippen LogP contribution in [-0.4, -0.2) is 39.4 Å². The summed E-state index contributed by atoms with van der Waals surface area (Å²) in [5.41, 5.74) is 4.42. The van der Waals surface area contributed by atoms with Gasteiger partial charge in [0.1, 0.15) is 0 Å². The molecule has 0 fully saturated rings. The minimum atomic E-state index is -0.406. The first-order valence-electron chi connectivity index (χ1n) is 7.78. The highest BCUT2D eigenvalue weighted by molar-refractivity contribution is 5.90. The standard InChI is InChI=1S/C19H20N2O5/c1-24-16-9-6-14(10-17(16)25-2)11-18(22)21-20-12-13-4-7-15(8-5-13)19(23)26-3/h4-10,12H,11H2,1-3H3,(H,21,22)/b20-12+. The molecule has 136 valence electrons. The van der Waals surface area contributed by atoms with Gasteiger partial charge in [0.25, 0.3) is 0 Å². The number of hydrogen-bond acceptors (Lipinski definition) is 6. The van der Waals surface area contributed by atoms with Crippen LogP contribution in [0.15, 0.2) is 47.6 Å². The van der Waals surface area contributed by atoms with Gasteiger partial charge in [-0.25, -0.2) is 10.2 Å². The Bertz CT molecular complexity index is 800. The largest absolute Gasteiger partial charge is 0.493 e. The van der Waals surface area contributed by atoms with Crippen molar-refractivity contribution in [3.8, 4) is 11.5 Å². The normalized spacial score (nSPS) is 10.4. The van der Waals surface area contributed by atoms with Crippen molar-refractivity contribution < 1.29 is 23.8 Å². The lowest BCUT2D eigenvalue weighted by Gasteiger charge is -2.09. The lowest BCUT2D eigenvalue weighted by molar-refractivity contribution is -0.120. The lowest BCUT2D eigenvalue weighted by Crippen LogP contribution is -2.19. The fourth-order valence-electron chi connectivity index (χ4n) is 2.22. The summed E-state index contributed by atoms with van der Waals surface area (Å²) in [7, 11) is 4.42. The Hall–Kier alpha value is -3.35. The van der Waals surface area contributed by atoms with E-state index in [0.717, 1.165) is 11.1 Å². The number of rotatable bonds is 7. The second-order valence-corrected chi connectivity index (χ2v) is 5.27. The zero-order chi connectivity index (χ0) is 18.9. The summed E-state index contributed by atoms with van der Waals surface area (Å²) in [6.45, 7) is 0. The molecule has 0 bridgehead atoms. The van der Waals surface area contributed by atoms with E-state index in [9.17, 15) is 9.59 Å². The van der Waals surface area contributed by atoms with Gasteiger partial charge < -0.3 is 14.2 Å². The molecule has 0 saturated heterocycles. The van der Waals surface area contributed by atoms with Crippen LogP contribution in [0.4, 0.5) is 0 Å². The summed E-state index contributed by atoms with van der Waals surface area (Å²) in [6.07, 6.45) is 1.65. The van der Waals surface area contributed by atoms with Gasteiger partial charge in [0.05, 0.1) is 39.5 Å². The molecule has 2 aromatic rings. The van der Waals surface area contributed by atoms with Crippen LogP contribution in [-0.2, 0) is 16.0 Å². The van der Waals surface area contributed by atoms with E-state index in [1.54, 1.807) is 49.6 Å². The average molecular weight is 356 g/mol. The summed E-state index contributed by atoms with van der Waals surface area (Å²) in [5.74, 6) is 0.494. The van der Waals surface area contributed by atoms with E-state index in [-0.39, 0.29) is 12.3 Å². The molecule has 0 spiro atoms. The molecule has 0 aliphatic rings. The second-order valence-electron chi connectivity index (χ2n) is 5.27. The van der Waals surface area contributed by atoms with Crippen molar-refractivity contribution in [3.05, 3.63) is 59.2 Å². The van der Waals surface area contributed by atoms with Crippen molar-refractivity contribution in [1.82, 2.24) is 5.43 Å². The van der Waals surface area contributed by atoms with Crippen molar-refractivity contribution >= 4 is 18.1 Å². The number of amides is 1. The van der Waals surface area contributed by atoms with Crippen molar-refractivity contribution in [2.75, 3.05) is 21.3 Å². The summed E-state index contributed by atoms with van der Waals surface area (Å²) in [4.78, 5) is 23.3. The van der Waals surface area contributed by atoms with Crippen LogP contribution in [0.25, 0.3) is 0 Å². The van der Waals surface area contributed by atoms with Crippen LogP contribution < -0.4 is 14.9 Å². The molecule has 1 N–H and O–H groups in total. The number of hydrazone groups is 1. The van der Waals surface area contributed by atoms with E-state index >= 15 is 0 Å². The summed E-state index contributed by atoms with van der Waals surface area (Å²) in [5, 5.41) is 3.91. The minimum Gasteiger partial charge on any atom is -0.493 e. The third-order valence-corrected chi connectivity index (χ3v) is 3.55. The number of ether oxygens (including phenoxy) is 3. The fraction of sp³-hybridized carbons (Fsp3) is 0.211. The Labute approximate surface area is 151 Å². The van der Waals surface area contributed by atoms with Gasteiger partial charge in [-0.2, -0.15) is 5.10 Å². The number of nitrogens with one attached hydrogen (secondary N) is 1. The topological polar surface area (TPSA) is 86.2 Å². The van der Waals surface area contributed by atoms with Gasteiger partial charge in [0, 0.05) is 0 Å². The van der Waals surface area contributed by atoms with Crippen LogP contribution >= 0.6 is 0 Å². The molecule has 0 aliphatic carbocycles. The quantitative estimate of drug-likeness (QED) is 0.467. The number of carbonyl (C=O) groups is 2. The van der Waals surface area contributed by atoms with E-state index in [4.69, 9.17) is 9.47 Å². The molecule has 2 aromatic carbocycles. The molecular weight excluding hydrogens is 336 g/mol. The van der Waals surface area contributed by atoms with Crippen LogP contribution in [0.5, 0.6) is 11.5 Å². The zero-order valence-electron chi connectivity index (χ0n) is 14.8. The van der Waals surface area contributed by atoms with Gasteiger partial charge in [-0.1, -0.05) is 18.2 Å². The third kappa shape index (κ3) is 5.07. The molecule has 0 heterocycles. The molecule has 0 radical (unpaired) electrons. The van der Waals surface area contributed by atoms with E-state index in [2.05, 4.69) is 15.3 Å². The van der Waals surface area contributed by atoms with Crippen molar-refractivity contribution in [2.24, 2.45) is 5.10 Å². The Kier molecular flexibility index (Phi) is 6.73. The third-order valence-electron chi connectivity index (χ3n) is 3.55. The molecule has 0 aliphatic heterocycles. The molecule has 0 saturated carbocycles. The summed E-state index contributed by atoms with van der Waals surface area (Å²) in [6, 6.07) is 11.9. The number of nitrogens with zero attached hydrogens (tertiary/aromatic N) is 1. The Morgan fingerprint density at radius 1 is 1.00 bits per heavy atom. The van der Waals surface area contributed by atoms with Crippen molar-refractivity contribution in [1.29, 1.82) is 0 Å². The maximum Gasteiger partial charge on any atom is 0.337 e. The number of hydrogen-bond donors (Lipinski definition) is 1. The Balaban J connectivity index is 1.92. The van der Waals surface area contributed by atoms with Crippen LogP contribution in [0.3, 0.4) is 0 Å². The van der Waals surface area contributed by atoms with Crippen molar-refractivity contribution in [2.45, 2.75) is 6.42 Å². The molecule has 7 nitrogen and oxygen atoms in total. The van der Waals surface area contributed by atoms with E-state index in [0.29, 0.717) is 17.1 Å². The first kappa shape index (κ1) is 19.0. The van der Waals surface area contributed by atoms with Gasteiger partial charge in [-0.3, -0.25) is 4.79 Å². The summed E-state index contributed by atoms with van der Waals surface area (Å²) < 4.78 is 15.0. The monoisotopic (exact) mass is 356 g/mol. The highest BCUT2D eigenvalue weighted by atomic mass is 16.5. The molecule has 0 unspecified atom stereocenters. The predicted molar refractivity (Wildman–Crippen MR) is 96.8 cm³/mol. The maximum absolute atomic E-state index is 12.0. The van der Waals surface area contributed by atoms with Crippen molar-refractivity contribution in [3.63, 3.8) is 0 Å². The first-order chi connectivity index (χ1) is 12.6. The van der Waals surface area contributed by atoms with Crippen LogP contribution in [0, 0.1) is 0 Å². The number of methoxy groups -OCH3 is 3. The van der Waals surface area contributed by atoms with Gasteiger partial charge in [0.2, 0.25) is 5.91 Å². The van der Waals surface area contributed by atoms with Crippen LogP contribution in [0.2, 0.25) is 0 Å². The molecule has 0 atom stereocenters. The Morgan fingerprint density at radius 3 is 2.31 bits per heavy atom. The minimum absolute atomic E-state index is 0.152.